The molecule has 1 aromatic carbocycles. The van der Waals surface area contributed by atoms with Crippen LogP contribution >= 0.6 is 11.6 Å². The summed E-state index contributed by atoms with van der Waals surface area (Å²) in [5.74, 6) is 0.0207. The Kier molecular flexibility index (Phi) is 4.43. The van der Waals surface area contributed by atoms with E-state index < -0.39 is 0 Å². The number of amides is 1. The first-order valence-corrected chi connectivity index (χ1v) is 6.78. The van der Waals surface area contributed by atoms with E-state index in [1.807, 2.05) is 17.0 Å². The van der Waals surface area contributed by atoms with Crippen LogP contribution in [-0.4, -0.2) is 23.4 Å². The van der Waals surface area contributed by atoms with Gasteiger partial charge in [0.05, 0.1) is 10.6 Å². The molecule has 1 aromatic rings. The smallest absolute Gasteiger partial charge is 0.255 e. The molecule has 1 aliphatic carbocycles. The van der Waals surface area contributed by atoms with Gasteiger partial charge in [0.2, 0.25) is 0 Å². The van der Waals surface area contributed by atoms with Crippen LogP contribution in [0.2, 0.25) is 5.02 Å². The number of nitrogens with zero attached hydrogens (tertiary/aromatic N) is 1. The van der Waals surface area contributed by atoms with Crippen LogP contribution in [0.1, 0.15) is 36.0 Å². The molecule has 0 unspecified atom stereocenters. The number of hydrogen-bond acceptors (Lipinski definition) is 1. The van der Waals surface area contributed by atoms with E-state index in [9.17, 15) is 4.79 Å². The minimum Gasteiger partial charge on any atom is -0.332 e. The fraction of sp³-hybridized carbons (Fsp3) is 0.400. The standard InChI is InChI=1S/C15H18ClNO/c1-2-11-17(12-7-3-4-8-12)15(18)13-9-5-6-10-14(13)16/h2,5-6,9-10,12H,1,3-4,7-8,11H2. The van der Waals surface area contributed by atoms with Crippen LogP contribution in [0.3, 0.4) is 0 Å². The number of carbonyl (C=O) groups excluding carboxylic acids is 1. The third-order valence-electron chi connectivity index (χ3n) is 3.46. The summed E-state index contributed by atoms with van der Waals surface area (Å²) < 4.78 is 0. The lowest BCUT2D eigenvalue weighted by Gasteiger charge is -2.28. The third-order valence-corrected chi connectivity index (χ3v) is 3.79. The van der Waals surface area contributed by atoms with E-state index in [0.717, 1.165) is 12.8 Å². The molecule has 0 spiro atoms. The molecular formula is C15H18ClNO. The topological polar surface area (TPSA) is 20.3 Å². The molecule has 18 heavy (non-hydrogen) atoms. The maximum Gasteiger partial charge on any atom is 0.255 e. The molecule has 3 heteroatoms. The Balaban J connectivity index is 2.22. The second kappa shape index (κ2) is 6.05. The number of rotatable bonds is 4. The largest absolute Gasteiger partial charge is 0.332 e. The van der Waals surface area contributed by atoms with Crippen molar-refractivity contribution in [1.82, 2.24) is 4.90 Å². The van der Waals surface area contributed by atoms with Gasteiger partial charge in [-0.05, 0) is 25.0 Å². The third kappa shape index (κ3) is 2.75. The maximum absolute atomic E-state index is 12.5. The Morgan fingerprint density at radius 1 is 1.39 bits per heavy atom. The molecule has 1 amide bonds. The molecule has 0 saturated heterocycles. The van der Waals surface area contributed by atoms with Crippen molar-refractivity contribution in [3.8, 4) is 0 Å². The summed E-state index contributed by atoms with van der Waals surface area (Å²) in [6.07, 6.45) is 6.36. The van der Waals surface area contributed by atoms with E-state index in [2.05, 4.69) is 6.58 Å². The molecule has 1 aliphatic rings. The first-order valence-electron chi connectivity index (χ1n) is 6.40. The molecule has 0 atom stereocenters. The van der Waals surface area contributed by atoms with E-state index in [4.69, 9.17) is 11.6 Å². The SMILES string of the molecule is C=CCN(C(=O)c1ccccc1Cl)C1CCCC1. The minimum absolute atomic E-state index is 0.0207. The van der Waals surface area contributed by atoms with Gasteiger partial charge in [-0.25, -0.2) is 0 Å². The lowest BCUT2D eigenvalue weighted by Crippen LogP contribution is -2.39. The van der Waals surface area contributed by atoms with Gasteiger partial charge in [0.25, 0.3) is 5.91 Å². The number of hydrogen-bond donors (Lipinski definition) is 0. The van der Waals surface area contributed by atoms with Crippen LogP contribution in [0.5, 0.6) is 0 Å². The molecule has 1 fully saturated rings. The van der Waals surface area contributed by atoms with Crippen molar-refractivity contribution in [2.75, 3.05) is 6.54 Å². The van der Waals surface area contributed by atoms with Crippen LogP contribution in [0.25, 0.3) is 0 Å². The van der Waals surface area contributed by atoms with E-state index in [1.54, 1.807) is 18.2 Å². The molecule has 0 heterocycles. The van der Waals surface area contributed by atoms with E-state index >= 15 is 0 Å². The van der Waals surface area contributed by atoms with Gasteiger partial charge in [0, 0.05) is 12.6 Å². The zero-order valence-corrected chi connectivity index (χ0v) is 11.2. The Morgan fingerprint density at radius 3 is 2.67 bits per heavy atom. The molecule has 2 rings (SSSR count). The first kappa shape index (κ1) is 13.2. The average molecular weight is 264 g/mol. The summed E-state index contributed by atoms with van der Waals surface area (Å²) in [6, 6.07) is 7.57. The zero-order chi connectivity index (χ0) is 13.0. The maximum atomic E-state index is 12.5. The summed E-state index contributed by atoms with van der Waals surface area (Å²) >= 11 is 6.10. The number of carbonyl (C=O) groups is 1. The predicted octanol–water partition coefficient (Wildman–Crippen LogP) is 3.91. The average Bonchev–Trinajstić information content (AvgIpc) is 2.89. The highest BCUT2D eigenvalue weighted by Crippen LogP contribution is 2.26. The van der Waals surface area contributed by atoms with Gasteiger partial charge >= 0.3 is 0 Å². The molecule has 0 aromatic heterocycles. The molecule has 0 N–H and O–H groups in total. The van der Waals surface area contributed by atoms with Crippen LogP contribution in [0.15, 0.2) is 36.9 Å². The van der Waals surface area contributed by atoms with Gasteiger partial charge in [0.15, 0.2) is 0 Å². The van der Waals surface area contributed by atoms with Gasteiger partial charge in [-0.2, -0.15) is 0 Å². The summed E-state index contributed by atoms with van der Waals surface area (Å²) in [6.45, 7) is 4.34. The summed E-state index contributed by atoms with van der Waals surface area (Å²) in [5.41, 5.74) is 0.591. The van der Waals surface area contributed by atoms with Crippen molar-refractivity contribution in [1.29, 1.82) is 0 Å². The first-order chi connectivity index (χ1) is 8.74. The lowest BCUT2D eigenvalue weighted by molar-refractivity contribution is 0.0706. The van der Waals surface area contributed by atoms with Gasteiger partial charge in [0.1, 0.15) is 0 Å². The number of halogens is 1. The molecule has 0 radical (unpaired) electrons. The van der Waals surface area contributed by atoms with Gasteiger partial charge < -0.3 is 4.90 Å². The Hall–Kier alpha value is -1.28. The fourth-order valence-corrected chi connectivity index (χ4v) is 2.76. The minimum atomic E-state index is 0.0207. The molecule has 96 valence electrons. The normalized spacial score (nSPS) is 15.6. The van der Waals surface area contributed by atoms with Crippen LogP contribution in [0.4, 0.5) is 0 Å². The Morgan fingerprint density at radius 2 is 2.06 bits per heavy atom. The summed E-state index contributed by atoms with van der Waals surface area (Å²) in [7, 11) is 0. The van der Waals surface area contributed by atoms with Crippen molar-refractivity contribution >= 4 is 17.5 Å². The molecule has 0 aliphatic heterocycles. The molecule has 0 bridgehead atoms. The molecule has 2 nitrogen and oxygen atoms in total. The van der Waals surface area contributed by atoms with Gasteiger partial charge in [-0.3, -0.25) is 4.79 Å². The van der Waals surface area contributed by atoms with Crippen LogP contribution in [0, 0.1) is 0 Å². The van der Waals surface area contributed by atoms with E-state index in [0.29, 0.717) is 23.2 Å². The predicted molar refractivity (Wildman–Crippen MR) is 74.9 cm³/mol. The summed E-state index contributed by atoms with van der Waals surface area (Å²) in [4.78, 5) is 14.4. The van der Waals surface area contributed by atoms with Crippen molar-refractivity contribution in [2.24, 2.45) is 0 Å². The van der Waals surface area contributed by atoms with E-state index in [-0.39, 0.29) is 5.91 Å². The fourth-order valence-electron chi connectivity index (χ4n) is 2.54. The van der Waals surface area contributed by atoms with Crippen molar-refractivity contribution in [3.05, 3.63) is 47.5 Å². The number of benzene rings is 1. The molecular weight excluding hydrogens is 246 g/mol. The van der Waals surface area contributed by atoms with Crippen molar-refractivity contribution in [2.45, 2.75) is 31.7 Å². The lowest BCUT2D eigenvalue weighted by atomic mass is 10.1. The van der Waals surface area contributed by atoms with Crippen molar-refractivity contribution in [3.63, 3.8) is 0 Å². The van der Waals surface area contributed by atoms with E-state index in [1.165, 1.54) is 12.8 Å². The summed E-state index contributed by atoms with van der Waals surface area (Å²) in [5, 5.41) is 0.523. The quantitative estimate of drug-likeness (QED) is 0.754. The van der Waals surface area contributed by atoms with Crippen LogP contribution < -0.4 is 0 Å². The highest BCUT2D eigenvalue weighted by atomic mass is 35.5. The monoisotopic (exact) mass is 263 g/mol. The van der Waals surface area contributed by atoms with Crippen LogP contribution in [-0.2, 0) is 0 Å². The van der Waals surface area contributed by atoms with Gasteiger partial charge in [-0.1, -0.05) is 42.7 Å². The highest BCUT2D eigenvalue weighted by Gasteiger charge is 2.27. The Labute approximate surface area is 113 Å². The van der Waals surface area contributed by atoms with Gasteiger partial charge in [-0.15, -0.1) is 6.58 Å². The van der Waals surface area contributed by atoms with Crippen molar-refractivity contribution < 1.29 is 4.79 Å². The second-order valence-electron chi connectivity index (χ2n) is 4.66. The highest BCUT2D eigenvalue weighted by molar-refractivity contribution is 6.33. The molecule has 1 saturated carbocycles. The second-order valence-corrected chi connectivity index (χ2v) is 5.07. The zero-order valence-electron chi connectivity index (χ0n) is 10.4. The Bertz CT molecular complexity index is 438.